The van der Waals surface area contributed by atoms with E-state index in [0.717, 1.165) is 11.6 Å². The van der Waals surface area contributed by atoms with Crippen molar-refractivity contribution in [2.45, 2.75) is 39.2 Å². The smallest absolute Gasteiger partial charge is 0.237 e. The third-order valence-corrected chi connectivity index (χ3v) is 2.37. The van der Waals surface area contributed by atoms with E-state index in [1.165, 1.54) is 19.3 Å². The second kappa shape index (κ2) is 6.27. The number of nitrogens with zero attached hydrogens (tertiary/aromatic N) is 1. The zero-order valence-electron chi connectivity index (χ0n) is 9.79. The molecule has 0 bridgehead atoms. The highest BCUT2D eigenvalue weighted by molar-refractivity contribution is 5.51. The van der Waals surface area contributed by atoms with Gasteiger partial charge in [-0.05, 0) is 31.4 Å². The lowest BCUT2D eigenvalue weighted by Gasteiger charge is -2.26. The predicted molar refractivity (Wildman–Crippen MR) is 63.4 cm³/mol. The van der Waals surface area contributed by atoms with Gasteiger partial charge in [0.25, 0.3) is 0 Å². The summed E-state index contributed by atoms with van der Waals surface area (Å²) >= 11 is 0. The number of aromatic nitrogens is 1. The molecule has 0 radical (unpaired) electrons. The van der Waals surface area contributed by atoms with Crippen molar-refractivity contribution in [3.05, 3.63) is 18.3 Å². The van der Waals surface area contributed by atoms with E-state index in [1.807, 2.05) is 33.0 Å². The monoisotopic (exact) mass is 208 g/mol. The number of nitrogens with one attached hydrogen (secondary N) is 1. The molecule has 1 saturated carbocycles. The van der Waals surface area contributed by atoms with Crippen LogP contribution in [0.1, 0.15) is 33.1 Å². The second-order valence-corrected chi connectivity index (χ2v) is 3.28. The molecule has 1 N–H and O–H groups in total. The van der Waals surface area contributed by atoms with Crippen LogP contribution in [0.5, 0.6) is 5.88 Å². The summed E-state index contributed by atoms with van der Waals surface area (Å²) < 4.78 is 5.70. The van der Waals surface area contributed by atoms with Gasteiger partial charge in [0.2, 0.25) is 5.88 Å². The summed E-state index contributed by atoms with van der Waals surface area (Å²) in [6.45, 7) is 4.00. The molecule has 1 fully saturated rings. The lowest BCUT2D eigenvalue weighted by molar-refractivity contribution is 0.115. The van der Waals surface area contributed by atoms with Crippen molar-refractivity contribution in [1.29, 1.82) is 0 Å². The highest BCUT2D eigenvalue weighted by atomic mass is 16.5. The van der Waals surface area contributed by atoms with Crippen molar-refractivity contribution in [2.75, 3.05) is 12.4 Å². The number of rotatable bonds is 3. The summed E-state index contributed by atoms with van der Waals surface area (Å²) in [4.78, 5) is 4.19. The minimum atomic E-state index is 0.391. The van der Waals surface area contributed by atoms with Crippen molar-refractivity contribution < 1.29 is 4.74 Å². The molecule has 0 saturated heterocycles. The third kappa shape index (κ3) is 3.11. The van der Waals surface area contributed by atoms with Crippen LogP contribution in [0, 0.1) is 0 Å². The zero-order chi connectivity index (χ0) is 11.1. The third-order valence-electron chi connectivity index (χ3n) is 2.37. The number of hydrogen-bond donors (Lipinski definition) is 1. The van der Waals surface area contributed by atoms with Crippen LogP contribution >= 0.6 is 0 Å². The van der Waals surface area contributed by atoms with Crippen LogP contribution in [0.2, 0.25) is 0 Å². The standard InChI is InChI=1S/C10H14N2O.C2H6/c1-11-9-6-3-7-12-10(9)13-8-4-2-5-8;1-2/h3,6-8,11H,2,4-5H2,1H3;1-2H3. The fourth-order valence-corrected chi connectivity index (χ4v) is 1.32. The Kier molecular flexibility index (Phi) is 4.95. The summed E-state index contributed by atoms with van der Waals surface area (Å²) in [5.74, 6) is 0.731. The van der Waals surface area contributed by atoms with Crippen molar-refractivity contribution >= 4 is 5.69 Å². The summed E-state index contributed by atoms with van der Waals surface area (Å²) in [5.41, 5.74) is 0.967. The van der Waals surface area contributed by atoms with E-state index >= 15 is 0 Å². The molecule has 15 heavy (non-hydrogen) atoms. The van der Waals surface area contributed by atoms with Gasteiger partial charge in [-0.25, -0.2) is 4.98 Å². The molecule has 1 aromatic rings. The van der Waals surface area contributed by atoms with E-state index in [0.29, 0.717) is 6.10 Å². The summed E-state index contributed by atoms with van der Waals surface area (Å²) in [6, 6.07) is 3.88. The average Bonchev–Trinajstić information content (AvgIpc) is 2.27. The minimum Gasteiger partial charge on any atom is -0.473 e. The maximum Gasteiger partial charge on any atom is 0.237 e. The quantitative estimate of drug-likeness (QED) is 0.828. The van der Waals surface area contributed by atoms with Gasteiger partial charge in [-0.1, -0.05) is 13.8 Å². The molecule has 0 aliphatic heterocycles. The molecule has 0 atom stereocenters. The van der Waals surface area contributed by atoms with Gasteiger partial charge in [-0.3, -0.25) is 0 Å². The number of hydrogen-bond acceptors (Lipinski definition) is 3. The molecular formula is C12H20N2O. The Morgan fingerprint density at radius 2 is 2.13 bits per heavy atom. The number of pyridine rings is 1. The predicted octanol–water partition coefficient (Wildman–Crippen LogP) is 3.08. The highest BCUT2D eigenvalue weighted by Crippen LogP contribution is 2.27. The normalized spacial score (nSPS) is 14.6. The number of anilines is 1. The Balaban J connectivity index is 0.000000531. The first kappa shape index (κ1) is 11.8. The van der Waals surface area contributed by atoms with E-state index < -0.39 is 0 Å². The zero-order valence-corrected chi connectivity index (χ0v) is 9.79. The van der Waals surface area contributed by atoms with Gasteiger partial charge in [0.15, 0.2) is 0 Å². The van der Waals surface area contributed by atoms with Crippen molar-refractivity contribution in [3.8, 4) is 5.88 Å². The van der Waals surface area contributed by atoms with Gasteiger partial charge < -0.3 is 10.1 Å². The number of ether oxygens (including phenoxy) is 1. The van der Waals surface area contributed by atoms with Gasteiger partial charge in [0, 0.05) is 13.2 Å². The van der Waals surface area contributed by atoms with Crippen LogP contribution in [0.3, 0.4) is 0 Å². The first-order chi connectivity index (χ1) is 7.40. The topological polar surface area (TPSA) is 34.2 Å². The Hall–Kier alpha value is -1.25. The summed E-state index contributed by atoms with van der Waals surface area (Å²) in [5, 5.41) is 3.06. The van der Waals surface area contributed by atoms with Gasteiger partial charge >= 0.3 is 0 Å². The molecule has 0 amide bonds. The van der Waals surface area contributed by atoms with Gasteiger partial charge in [-0.15, -0.1) is 0 Å². The van der Waals surface area contributed by atoms with E-state index in [9.17, 15) is 0 Å². The molecule has 1 aliphatic rings. The molecule has 0 spiro atoms. The molecule has 2 rings (SSSR count). The molecular weight excluding hydrogens is 188 g/mol. The molecule has 0 aromatic carbocycles. The maximum atomic E-state index is 5.70. The van der Waals surface area contributed by atoms with Crippen molar-refractivity contribution in [1.82, 2.24) is 4.98 Å². The van der Waals surface area contributed by atoms with E-state index in [1.54, 1.807) is 6.20 Å². The molecule has 1 aromatic heterocycles. The first-order valence-electron chi connectivity index (χ1n) is 5.69. The van der Waals surface area contributed by atoms with Gasteiger partial charge in [-0.2, -0.15) is 0 Å². The molecule has 3 nitrogen and oxygen atoms in total. The highest BCUT2D eigenvalue weighted by Gasteiger charge is 2.20. The maximum absolute atomic E-state index is 5.70. The molecule has 84 valence electrons. The van der Waals surface area contributed by atoms with Gasteiger partial charge in [0.1, 0.15) is 6.10 Å². The van der Waals surface area contributed by atoms with Gasteiger partial charge in [0.05, 0.1) is 5.69 Å². The first-order valence-corrected chi connectivity index (χ1v) is 5.69. The van der Waals surface area contributed by atoms with Crippen LogP contribution in [0.25, 0.3) is 0 Å². The van der Waals surface area contributed by atoms with Crippen LogP contribution in [-0.2, 0) is 0 Å². The van der Waals surface area contributed by atoms with Crippen LogP contribution in [-0.4, -0.2) is 18.1 Å². The lowest BCUT2D eigenvalue weighted by atomic mass is 9.96. The lowest BCUT2D eigenvalue weighted by Crippen LogP contribution is -2.25. The van der Waals surface area contributed by atoms with Crippen LogP contribution in [0.4, 0.5) is 5.69 Å². The Labute approximate surface area is 91.9 Å². The largest absolute Gasteiger partial charge is 0.473 e. The second-order valence-electron chi connectivity index (χ2n) is 3.28. The average molecular weight is 208 g/mol. The van der Waals surface area contributed by atoms with E-state index in [-0.39, 0.29) is 0 Å². The van der Waals surface area contributed by atoms with E-state index in [2.05, 4.69) is 10.3 Å². The molecule has 3 heteroatoms. The van der Waals surface area contributed by atoms with E-state index in [4.69, 9.17) is 4.74 Å². The molecule has 0 unspecified atom stereocenters. The summed E-state index contributed by atoms with van der Waals surface area (Å²) in [6.07, 6.45) is 5.77. The molecule has 1 heterocycles. The fraction of sp³-hybridized carbons (Fsp3) is 0.583. The van der Waals surface area contributed by atoms with Crippen LogP contribution in [0.15, 0.2) is 18.3 Å². The Morgan fingerprint density at radius 3 is 2.67 bits per heavy atom. The Bertz CT molecular complexity index is 285. The summed E-state index contributed by atoms with van der Waals surface area (Å²) in [7, 11) is 1.88. The minimum absolute atomic E-state index is 0.391. The van der Waals surface area contributed by atoms with Crippen molar-refractivity contribution in [3.63, 3.8) is 0 Å². The molecule has 1 aliphatic carbocycles. The SMILES string of the molecule is CC.CNc1cccnc1OC1CCC1. The van der Waals surface area contributed by atoms with Crippen LogP contribution < -0.4 is 10.1 Å². The fourth-order valence-electron chi connectivity index (χ4n) is 1.32. The Morgan fingerprint density at radius 1 is 1.40 bits per heavy atom. The van der Waals surface area contributed by atoms with Crippen molar-refractivity contribution in [2.24, 2.45) is 0 Å².